The molecule has 0 unspecified atom stereocenters. The zero-order valence-corrected chi connectivity index (χ0v) is 21.1. The highest BCUT2D eigenvalue weighted by Crippen LogP contribution is 2.34. The third kappa shape index (κ3) is 4.81. The second-order valence-electron chi connectivity index (χ2n) is 8.07. The molecule has 0 bridgehead atoms. The maximum atomic E-state index is 15.3. The van der Waals surface area contributed by atoms with Crippen LogP contribution in [-0.4, -0.2) is 30.1 Å². The molecule has 0 saturated heterocycles. The van der Waals surface area contributed by atoms with Gasteiger partial charge in [-0.15, -0.1) is 0 Å². The minimum atomic E-state index is -4.14. The summed E-state index contributed by atoms with van der Waals surface area (Å²) >= 11 is 5.94. The minimum absolute atomic E-state index is 0.131. The van der Waals surface area contributed by atoms with Crippen molar-refractivity contribution in [2.24, 2.45) is 0 Å². The van der Waals surface area contributed by atoms with Crippen molar-refractivity contribution in [2.75, 3.05) is 11.8 Å². The SMILES string of the molecule is COc1cc(-c2ccc(Cl)cc2)c(F)cc1-n1c(=O)ccc2cc(S(=O)(=O)Nc3ncc(F)cn3)ccc21. The molecule has 8 nitrogen and oxygen atoms in total. The first-order chi connectivity index (χ1) is 18.2. The lowest BCUT2D eigenvalue weighted by Crippen LogP contribution is -2.19. The standard InChI is InChI=1S/C26H17ClF2N4O4S/c1-37-24-11-20(15-2-5-17(27)6-3-15)21(29)12-23(24)33-22-8-7-19(10-16(22)4-9-25(33)34)38(35,36)32-26-30-13-18(28)14-31-26/h2-14H,1H3,(H,30,31,32). The molecule has 0 amide bonds. The molecule has 5 rings (SSSR count). The Kier molecular flexibility index (Phi) is 6.55. The van der Waals surface area contributed by atoms with Gasteiger partial charge >= 0.3 is 0 Å². The Balaban J connectivity index is 1.61. The highest BCUT2D eigenvalue weighted by atomic mass is 35.5. The van der Waals surface area contributed by atoms with Crippen LogP contribution in [0.5, 0.6) is 5.75 Å². The van der Waals surface area contributed by atoms with Gasteiger partial charge in [-0.2, -0.15) is 0 Å². The van der Waals surface area contributed by atoms with Crippen molar-refractivity contribution in [2.45, 2.75) is 4.90 Å². The Hall–Kier alpha value is -4.35. The van der Waals surface area contributed by atoms with Gasteiger partial charge in [0.15, 0.2) is 5.82 Å². The van der Waals surface area contributed by atoms with E-state index in [0.29, 0.717) is 21.5 Å². The van der Waals surface area contributed by atoms with Crippen LogP contribution in [0.4, 0.5) is 14.7 Å². The quantitative estimate of drug-likeness (QED) is 0.310. The van der Waals surface area contributed by atoms with Crippen molar-refractivity contribution in [3.63, 3.8) is 0 Å². The lowest BCUT2D eigenvalue weighted by atomic mass is 10.0. The Morgan fingerprint density at radius 3 is 2.34 bits per heavy atom. The molecule has 2 heterocycles. The van der Waals surface area contributed by atoms with Crippen molar-refractivity contribution in [3.05, 3.63) is 106 Å². The number of hydrogen-bond donors (Lipinski definition) is 1. The van der Waals surface area contributed by atoms with Crippen LogP contribution in [0.15, 0.2) is 88.8 Å². The van der Waals surface area contributed by atoms with Gasteiger partial charge in [0.05, 0.1) is 35.6 Å². The van der Waals surface area contributed by atoms with Crippen molar-refractivity contribution in [3.8, 4) is 22.6 Å². The number of anilines is 1. The number of fused-ring (bicyclic) bond motifs is 1. The molecule has 0 saturated carbocycles. The molecule has 2 aromatic heterocycles. The predicted molar refractivity (Wildman–Crippen MR) is 139 cm³/mol. The van der Waals surface area contributed by atoms with E-state index in [9.17, 15) is 17.6 Å². The number of nitrogens with zero attached hydrogens (tertiary/aromatic N) is 3. The maximum Gasteiger partial charge on any atom is 0.264 e. The largest absolute Gasteiger partial charge is 0.495 e. The Bertz CT molecular complexity index is 1850. The van der Waals surface area contributed by atoms with Gasteiger partial charge in [-0.1, -0.05) is 23.7 Å². The molecule has 0 radical (unpaired) electrons. The van der Waals surface area contributed by atoms with Crippen LogP contribution in [0.3, 0.4) is 0 Å². The number of pyridine rings is 1. The van der Waals surface area contributed by atoms with E-state index in [0.717, 1.165) is 12.4 Å². The molecule has 3 aromatic carbocycles. The number of rotatable bonds is 6. The van der Waals surface area contributed by atoms with Crippen molar-refractivity contribution in [1.82, 2.24) is 14.5 Å². The molecular weight excluding hydrogens is 538 g/mol. The summed E-state index contributed by atoms with van der Waals surface area (Å²) in [7, 11) is -2.75. The molecule has 38 heavy (non-hydrogen) atoms. The summed E-state index contributed by atoms with van der Waals surface area (Å²) in [4.78, 5) is 20.0. The molecule has 5 aromatic rings. The second kappa shape index (κ2) is 9.84. The van der Waals surface area contributed by atoms with E-state index in [-0.39, 0.29) is 27.8 Å². The smallest absolute Gasteiger partial charge is 0.264 e. The van der Waals surface area contributed by atoms with E-state index >= 15 is 4.39 Å². The van der Waals surface area contributed by atoms with Gasteiger partial charge in [0.1, 0.15) is 11.6 Å². The van der Waals surface area contributed by atoms with E-state index in [1.165, 1.54) is 54.1 Å². The zero-order valence-electron chi connectivity index (χ0n) is 19.5. The molecule has 12 heteroatoms. The Morgan fingerprint density at radius 2 is 1.66 bits per heavy atom. The molecule has 0 aliphatic heterocycles. The Labute approximate surface area is 220 Å². The molecule has 0 aliphatic carbocycles. The van der Waals surface area contributed by atoms with E-state index in [1.807, 2.05) is 0 Å². The number of aromatic nitrogens is 3. The van der Waals surface area contributed by atoms with E-state index < -0.39 is 27.2 Å². The van der Waals surface area contributed by atoms with Crippen molar-refractivity contribution in [1.29, 1.82) is 0 Å². The lowest BCUT2D eigenvalue weighted by Gasteiger charge is -2.16. The normalized spacial score (nSPS) is 11.5. The van der Waals surface area contributed by atoms with Crippen LogP contribution in [0.2, 0.25) is 5.02 Å². The summed E-state index contributed by atoms with van der Waals surface area (Å²) in [5.41, 5.74) is 0.772. The van der Waals surface area contributed by atoms with Gasteiger partial charge in [-0.05, 0) is 48.0 Å². The fourth-order valence-electron chi connectivity index (χ4n) is 3.92. The number of benzene rings is 3. The average molecular weight is 555 g/mol. The van der Waals surface area contributed by atoms with Gasteiger partial charge in [0, 0.05) is 28.1 Å². The topological polar surface area (TPSA) is 103 Å². The molecule has 0 aliphatic rings. The maximum absolute atomic E-state index is 15.3. The number of sulfonamides is 1. The third-order valence-corrected chi connectivity index (χ3v) is 7.26. The van der Waals surface area contributed by atoms with Crippen LogP contribution in [0.1, 0.15) is 0 Å². The van der Waals surface area contributed by atoms with Crippen molar-refractivity contribution >= 4 is 38.5 Å². The first-order valence-electron chi connectivity index (χ1n) is 11.0. The number of halogens is 3. The van der Waals surface area contributed by atoms with E-state index in [4.69, 9.17) is 16.3 Å². The van der Waals surface area contributed by atoms with Gasteiger partial charge < -0.3 is 4.74 Å². The third-order valence-electron chi connectivity index (χ3n) is 5.69. The Morgan fingerprint density at radius 1 is 0.947 bits per heavy atom. The first-order valence-corrected chi connectivity index (χ1v) is 12.8. The summed E-state index contributed by atoms with van der Waals surface area (Å²) in [6.45, 7) is 0. The average Bonchev–Trinajstić information content (AvgIpc) is 2.90. The predicted octanol–water partition coefficient (Wildman–Crippen LogP) is 5.19. The van der Waals surface area contributed by atoms with E-state index in [1.54, 1.807) is 24.3 Å². The number of methoxy groups -OCH3 is 1. The lowest BCUT2D eigenvalue weighted by molar-refractivity contribution is 0.412. The highest BCUT2D eigenvalue weighted by Gasteiger charge is 2.20. The fraction of sp³-hybridized carbons (Fsp3) is 0.0385. The van der Waals surface area contributed by atoms with Crippen molar-refractivity contribution < 1.29 is 21.9 Å². The number of nitrogens with one attached hydrogen (secondary N) is 1. The van der Waals surface area contributed by atoms with Crippen LogP contribution in [-0.2, 0) is 10.0 Å². The minimum Gasteiger partial charge on any atom is -0.495 e. The highest BCUT2D eigenvalue weighted by molar-refractivity contribution is 7.92. The fourth-order valence-corrected chi connectivity index (χ4v) is 5.03. The summed E-state index contributed by atoms with van der Waals surface area (Å²) in [6, 6.07) is 16.0. The summed E-state index contributed by atoms with van der Waals surface area (Å²) in [5, 5.41) is 0.874. The van der Waals surface area contributed by atoms with Crippen LogP contribution >= 0.6 is 11.6 Å². The zero-order chi connectivity index (χ0) is 27.0. The molecule has 0 spiro atoms. The summed E-state index contributed by atoms with van der Waals surface area (Å²) in [6.07, 6.45) is 1.66. The van der Waals surface area contributed by atoms with Gasteiger partial charge in [0.2, 0.25) is 5.95 Å². The summed E-state index contributed by atoms with van der Waals surface area (Å²) < 4.78 is 63.0. The van der Waals surface area contributed by atoms with Gasteiger partial charge in [-0.3, -0.25) is 9.36 Å². The molecule has 0 atom stereocenters. The van der Waals surface area contributed by atoms with Crippen LogP contribution in [0.25, 0.3) is 27.7 Å². The number of ether oxygens (including phenoxy) is 1. The first kappa shape index (κ1) is 25.3. The molecule has 1 N–H and O–H groups in total. The molecular formula is C26H17ClF2N4O4S. The second-order valence-corrected chi connectivity index (χ2v) is 10.2. The van der Waals surface area contributed by atoms with Gasteiger partial charge in [0.25, 0.3) is 15.6 Å². The van der Waals surface area contributed by atoms with Gasteiger partial charge in [-0.25, -0.2) is 31.9 Å². The molecule has 0 fully saturated rings. The summed E-state index contributed by atoms with van der Waals surface area (Å²) in [5.74, 6) is -1.41. The van der Waals surface area contributed by atoms with Crippen LogP contribution < -0.4 is 15.0 Å². The number of hydrogen-bond acceptors (Lipinski definition) is 6. The van der Waals surface area contributed by atoms with E-state index in [2.05, 4.69) is 14.7 Å². The monoisotopic (exact) mass is 554 g/mol. The molecule has 192 valence electrons. The van der Waals surface area contributed by atoms with Crippen LogP contribution in [0, 0.1) is 11.6 Å².